The predicted octanol–water partition coefficient (Wildman–Crippen LogP) is 0.498. The Morgan fingerprint density at radius 2 is 1.91 bits per heavy atom. The lowest BCUT2D eigenvalue weighted by Gasteiger charge is -2.25. The number of hydrogen-bond acceptors (Lipinski definition) is 5. The van der Waals surface area contributed by atoms with Crippen LogP contribution >= 0.6 is 0 Å². The van der Waals surface area contributed by atoms with Crippen molar-refractivity contribution in [1.29, 1.82) is 0 Å². The molecule has 0 fully saturated rings. The number of nitrogens with one attached hydrogen (secondary N) is 1. The van der Waals surface area contributed by atoms with Crippen LogP contribution in [0.2, 0.25) is 0 Å². The summed E-state index contributed by atoms with van der Waals surface area (Å²) in [5.41, 5.74) is 7.57. The van der Waals surface area contributed by atoms with Crippen LogP contribution in [0.25, 0.3) is 5.53 Å². The van der Waals surface area contributed by atoms with Crippen LogP contribution in [0.4, 0.5) is 0 Å². The number of methoxy groups -OCH3 is 1. The van der Waals surface area contributed by atoms with Crippen molar-refractivity contribution >= 4 is 23.9 Å². The minimum absolute atomic E-state index is 0.0297. The third-order valence-electron chi connectivity index (χ3n) is 2.61. The summed E-state index contributed by atoms with van der Waals surface area (Å²) in [6, 6.07) is -0.986. The normalized spacial score (nSPS) is 13.5. The Labute approximate surface area is 129 Å². The minimum atomic E-state index is -0.986. The van der Waals surface area contributed by atoms with Gasteiger partial charge in [0.1, 0.15) is 17.7 Å². The highest BCUT2D eigenvalue weighted by Gasteiger charge is 2.28. The van der Waals surface area contributed by atoms with Crippen molar-refractivity contribution in [2.24, 2.45) is 0 Å². The standard InChI is InChI=1S/C14H23N3O5/c1-9(21-5)12(19)17-11(7-6-10(18)8-16-15)13(20)22-14(2,3)4/h8-9,11H,6-7H2,1-5H3,(H,17,19)/t9-,11-/m0/s1. The number of ether oxygens (including phenoxy) is 2. The molecular formula is C14H23N3O5. The molecule has 0 radical (unpaired) electrons. The highest BCUT2D eigenvalue weighted by Crippen LogP contribution is 2.11. The highest BCUT2D eigenvalue weighted by atomic mass is 16.6. The number of amides is 1. The Balaban J connectivity index is 4.89. The number of Topliss-reactive ketones (excluding diaryl/α,β-unsaturated/α-hetero) is 1. The zero-order valence-electron chi connectivity index (χ0n) is 13.6. The van der Waals surface area contributed by atoms with Crippen molar-refractivity contribution in [2.75, 3.05) is 7.11 Å². The Kier molecular flexibility index (Phi) is 8.22. The van der Waals surface area contributed by atoms with E-state index in [1.54, 1.807) is 20.8 Å². The molecule has 0 aromatic rings. The lowest BCUT2D eigenvalue weighted by atomic mass is 10.1. The second kappa shape index (κ2) is 9.07. The second-order valence-electron chi connectivity index (χ2n) is 5.72. The Morgan fingerprint density at radius 3 is 2.36 bits per heavy atom. The molecule has 0 saturated heterocycles. The molecule has 2 atom stereocenters. The molecular weight excluding hydrogens is 290 g/mol. The molecule has 0 rings (SSSR count). The molecule has 8 heteroatoms. The van der Waals surface area contributed by atoms with Crippen molar-refractivity contribution in [1.82, 2.24) is 5.32 Å². The third kappa shape index (κ3) is 8.28. The summed E-state index contributed by atoms with van der Waals surface area (Å²) >= 11 is 0. The maximum absolute atomic E-state index is 12.1. The van der Waals surface area contributed by atoms with E-state index in [1.807, 2.05) is 0 Å². The minimum Gasteiger partial charge on any atom is -0.458 e. The molecule has 0 aliphatic heterocycles. The molecule has 1 N–H and O–H groups in total. The number of rotatable bonds is 8. The fraction of sp³-hybridized carbons (Fsp3) is 0.714. The summed E-state index contributed by atoms with van der Waals surface area (Å²) in [6.45, 7) is 6.63. The van der Waals surface area contributed by atoms with E-state index in [1.165, 1.54) is 14.0 Å². The monoisotopic (exact) mass is 313 g/mol. The average Bonchev–Trinajstić information content (AvgIpc) is 2.40. The number of hydrogen-bond donors (Lipinski definition) is 1. The van der Waals surface area contributed by atoms with Crippen LogP contribution in [0.1, 0.15) is 40.5 Å². The fourth-order valence-electron chi connectivity index (χ4n) is 1.43. The van der Waals surface area contributed by atoms with Gasteiger partial charge >= 0.3 is 12.2 Å². The van der Waals surface area contributed by atoms with Crippen molar-refractivity contribution in [3.63, 3.8) is 0 Å². The zero-order valence-corrected chi connectivity index (χ0v) is 13.6. The van der Waals surface area contributed by atoms with Crippen molar-refractivity contribution in [2.45, 2.75) is 58.3 Å². The van der Waals surface area contributed by atoms with Gasteiger partial charge in [0.15, 0.2) is 0 Å². The number of esters is 1. The molecule has 0 aliphatic carbocycles. The average molecular weight is 313 g/mol. The Bertz CT molecular complexity index is 464. The van der Waals surface area contributed by atoms with Gasteiger partial charge in [-0.2, -0.15) is 4.79 Å². The molecule has 1 amide bonds. The summed E-state index contributed by atoms with van der Waals surface area (Å²) in [4.78, 5) is 37.9. The van der Waals surface area contributed by atoms with Crippen LogP contribution in [-0.4, -0.2) is 53.5 Å². The highest BCUT2D eigenvalue weighted by molar-refractivity contribution is 6.25. The van der Waals surface area contributed by atoms with Crippen molar-refractivity contribution in [3.05, 3.63) is 5.53 Å². The van der Waals surface area contributed by atoms with E-state index in [0.29, 0.717) is 0 Å². The molecule has 0 aromatic heterocycles. The van der Waals surface area contributed by atoms with Gasteiger partial charge in [-0.3, -0.25) is 9.59 Å². The lowest BCUT2D eigenvalue weighted by molar-refractivity contribution is -0.159. The van der Waals surface area contributed by atoms with Crippen molar-refractivity contribution in [3.8, 4) is 0 Å². The molecule has 0 bridgehead atoms. The summed E-state index contributed by atoms with van der Waals surface area (Å²) in [5, 5.41) is 2.49. The molecule has 0 aliphatic rings. The maximum atomic E-state index is 12.1. The zero-order chi connectivity index (χ0) is 17.3. The number of carbonyl (C=O) groups is 3. The van der Waals surface area contributed by atoms with E-state index in [2.05, 4.69) is 10.1 Å². The SMILES string of the molecule is CO[C@@H](C)C(=O)N[C@@H](CCC(=O)C=[N+]=[N-])C(=O)OC(C)(C)C. The smallest absolute Gasteiger partial charge is 0.329 e. The largest absolute Gasteiger partial charge is 0.458 e. The van der Waals surface area contributed by atoms with E-state index in [0.717, 1.165) is 6.21 Å². The number of nitrogens with zero attached hydrogens (tertiary/aromatic N) is 2. The van der Waals surface area contributed by atoms with Crippen LogP contribution in [0.5, 0.6) is 0 Å². The number of carbonyl (C=O) groups excluding carboxylic acids is 3. The number of ketones is 1. The fourth-order valence-corrected chi connectivity index (χ4v) is 1.43. The molecule has 124 valence electrons. The summed E-state index contributed by atoms with van der Waals surface area (Å²) < 4.78 is 10.1. The van der Waals surface area contributed by atoms with Gasteiger partial charge in [-0.05, 0) is 34.1 Å². The molecule has 0 saturated carbocycles. The van der Waals surface area contributed by atoms with Crippen LogP contribution < -0.4 is 5.32 Å². The lowest BCUT2D eigenvalue weighted by Crippen LogP contribution is -2.47. The molecule has 22 heavy (non-hydrogen) atoms. The molecule has 8 nitrogen and oxygen atoms in total. The second-order valence-corrected chi connectivity index (χ2v) is 5.72. The predicted molar refractivity (Wildman–Crippen MR) is 78.2 cm³/mol. The first kappa shape index (κ1) is 19.9. The summed E-state index contributed by atoms with van der Waals surface area (Å²) in [7, 11) is 1.37. The van der Waals surface area contributed by atoms with Gasteiger partial charge in [0.25, 0.3) is 0 Å². The molecule has 0 heterocycles. The first-order valence-corrected chi connectivity index (χ1v) is 6.87. The van der Waals surface area contributed by atoms with Crippen LogP contribution in [0.15, 0.2) is 0 Å². The first-order chi connectivity index (χ1) is 10.1. The van der Waals surface area contributed by atoms with Crippen LogP contribution in [0.3, 0.4) is 0 Å². The van der Waals surface area contributed by atoms with Gasteiger partial charge in [-0.15, -0.1) is 0 Å². The van der Waals surface area contributed by atoms with Gasteiger partial charge in [0, 0.05) is 13.5 Å². The topological polar surface area (TPSA) is 118 Å². The van der Waals surface area contributed by atoms with Gasteiger partial charge in [-0.25, -0.2) is 4.79 Å². The summed E-state index contributed by atoms with van der Waals surface area (Å²) in [5.74, 6) is -1.59. The van der Waals surface area contributed by atoms with E-state index in [9.17, 15) is 14.4 Å². The van der Waals surface area contributed by atoms with E-state index in [4.69, 9.17) is 15.0 Å². The van der Waals surface area contributed by atoms with Gasteiger partial charge in [0.2, 0.25) is 11.7 Å². The van der Waals surface area contributed by atoms with E-state index in [-0.39, 0.29) is 12.8 Å². The first-order valence-electron chi connectivity index (χ1n) is 6.87. The van der Waals surface area contributed by atoms with Gasteiger partial charge in [0.05, 0.1) is 0 Å². The third-order valence-corrected chi connectivity index (χ3v) is 2.61. The van der Waals surface area contributed by atoms with Gasteiger partial charge < -0.3 is 20.3 Å². The summed E-state index contributed by atoms with van der Waals surface area (Å²) in [6.07, 6.45) is -0.0387. The Hall–Kier alpha value is -2.05. The van der Waals surface area contributed by atoms with Crippen molar-refractivity contribution < 1.29 is 28.6 Å². The quantitative estimate of drug-likeness (QED) is 0.303. The van der Waals surface area contributed by atoms with E-state index >= 15 is 0 Å². The van der Waals surface area contributed by atoms with Crippen LogP contribution in [0, 0.1) is 0 Å². The molecule has 0 unspecified atom stereocenters. The molecule has 0 aromatic carbocycles. The molecule has 0 spiro atoms. The van der Waals surface area contributed by atoms with Crippen LogP contribution in [-0.2, 0) is 23.9 Å². The van der Waals surface area contributed by atoms with Gasteiger partial charge in [-0.1, -0.05) is 0 Å². The Morgan fingerprint density at radius 1 is 1.32 bits per heavy atom. The maximum Gasteiger partial charge on any atom is 0.329 e. The van der Waals surface area contributed by atoms with E-state index < -0.39 is 35.4 Å².